The van der Waals surface area contributed by atoms with Crippen molar-refractivity contribution in [1.29, 1.82) is 0 Å². The Balaban J connectivity index is 2.68. The Morgan fingerprint density at radius 1 is 1.56 bits per heavy atom. The number of hydrogen-bond donors (Lipinski definition) is 3. The van der Waals surface area contributed by atoms with Crippen LogP contribution in [0, 0.1) is 0 Å². The fourth-order valence-electron chi connectivity index (χ4n) is 1.52. The number of carbonyl (C=O) groups excluding carboxylic acids is 1. The van der Waals surface area contributed by atoms with Crippen molar-refractivity contribution < 1.29 is 18.0 Å². The largest absolute Gasteiger partial charge is 0.395 e. The number of H-pyrrole nitrogens is 1. The molecule has 0 bridgehead atoms. The first kappa shape index (κ1) is 14.3. The average Bonchev–Trinajstić information content (AvgIpc) is 2.56. The van der Waals surface area contributed by atoms with Gasteiger partial charge in [0.05, 0.1) is 17.8 Å². The molecule has 18 heavy (non-hydrogen) atoms. The lowest BCUT2D eigenvalue weighted by Crippen LogP contribution is -2.36. The normalized spacial score (nSPS) is 13.4. The highest BCUT2D eigenvalue weighted by molar-refractivity contribution is 5.97. The van der Waals surface area contributed by atoms with E-state index in [9.17, 15) is 18.0 Å². The van der Waals surface area contributed by atoms with Gasteiger partial charge in [-0.05, 0) is 13.3 Å². The zero-order valence-corrected chi connectivity index (χ0v) is 10.1. The molecule has 0 aliphatic heterocycles. The topological polar surface area (TPSA) is 83.8 Å². The molecule has 0 aliphatic carbocycles. The van der Waals surface area contributed by atoms with Gasteiger partial charge >= 0.3 is 6.18 Å². The highest BCUT2D eigenvalue weighted by Gasteiger charge is 2.31. The molecule has 0 saturated heterocycles. The standard InChI is InChI=1S/C10H15F3N4O/c1-3-6-7(14)8(17-16-6)9(18)15-5(2)4-10(11,12)13/h5H,3-4,14H2,1-2H3,(H,15,18)(H,16,17). The number of anilines is 1. The second-order valence-corrected chi connectivity index (χ2v) is 4.01. The van der Waals surface area contributed by atoms with E-state index in [0.717, 1.165) is 0 Å². The third kappa shape index (κ3) is 3.64. The van der Waals surface area contributed by atoms with Gasteiger partial charge in [0.25, 0.3) is 5.91 Å². The Bertz CT molecular complexity index is 427. The highest BCUT2D eigenvalue weighted by atomic mass is 19.4. The molecule has 0 aromatic carbocycles. The van der Waals surface area contributed by atoms with E-state index in [1.807, 2.05) is 6.92 Å². The first-order chi connectivity index (χ1) is 8.24. The van der Waals surface area contributed by atoms with Crippen LogP contribution in [0.4, 0.5) is 18.9 Å². The monoisotopic (exact) mass is 264 g/mol. The Morgan fingerprint density at radius 3 is 2.61 bits per heavy atom. The molecular weight excluding hydrogens is 249 g/mol. The number of nitrogens with zero attached hydrogens (tertiary/aromatic N) is 1. The van der Waals surface area contributed by atoms with Crippen LogP contribution in [0.2, 0.25) is 0 Å². The Morgan fingerprint density at radius 2 is 2.17 bits per heavy atom. The molecule has 0 spiro atoms. The lowest BCUT2D eigenvalue weighted by atomic mass is 10.2. The van der Waals surface area contributed by atoms with Crippen LogP contribution in [0.1, 0.15) is 36.5 Å². The Hall–Kier alpha value is -1.73. The third-order valence-electron chi connectivity index (χ3n) is 2.37. The summed E-state index contributed by atoms with van der Waals surface area (Å²) in [4.78, 5) is 11.7. The summed E-state index contributed by atoms with van der Waals surface area (Å²) in [6.07, 6.45) is -4.85. The van der Waals surface area contributed by atoms with Crippen LogP contribution < -0.4 is 11.1 Å². The number of carbonyl (C=O) groups is 1. The predicted octanol–water partition coefficient (Wildman–Crippen LogP) is 1.62. The van der Waals surface area contributed by atoms with Gasteiger partial charge in [0, 0.05) is 6.04 Å². The molecule has 1 aromatic rings. The van der Waals surface area contributed by atoms with Gasteiger partial charge in [-0.25, -0.2) is 0 Å². The van der Waals surface area contributed by atoms with Crippen molar-refractivity contribution >= 4 is 11.6 Å². The van der Waals surface area contributed by atoms with Crippen molar-refractivity contribution in [2.24, 2.45) is 0 Å². The minimum absolute atomic E-state index is 0.0686. The van der Waals surface area contributed by atoms with E-state index >= 15 is 0 Å². The second-order valence-electron chi connectivity index (χ2n) is 4.01. The summed E-state index contributed by atoms with van der Waals surface area (Å²) in [6, 6.07) is -1.03. The van der Waals surface area contributed by atoms with Gasteiger partial charge in [-0.3, -0.25) is 9.89 Å². The predicted molar refractivity (Wildman–Crippen MR) is 60.0 cm³/mol. The van der Waals surface area contributed by atoms with Crippen molar-refractivity contribution in [3.8, 4) is 0 Å². The molecular formula is C10H15F3N4O. The van der Waals surface area contributed by atoms with E-state index in [4.69, 9.17) is 5.73 Å². The van der Waals surface area contributed by atoms with E-state index in [-0.39, 0.29) is 11.4 Å². The fourth-order valence-corrected chi connectivity index (χ4v) is 1.52. The van der Waals surface area contributed by atoms with Crippen molar-refractivity contribution in [2.75, 3.05) is 5.73 Å². The third-order valence-corrected chi connectivity index (χ3v) is 2.37. The SMILES string of the molecule is CCc1[nH]nc(C(=O)NC(C)CC(F)(F)F)c1N. The second kappa shape index (κ2) is 5.28. The number of aromatic amines is 1. The average molecular weight is 264 g/mol. The fraction of sp³-hybridized carbons (Fsp3) is 0.600. The maximum atomic E-state index is 12.1. The van der Waals surface area contributed by atoms with Crippen molar-refractivity contribution in [3.05, 3.63) is 11.4 Å². The summed E-state index contributed by atoms with van der Waals surface area (Å²) in [5.74, 6) is -0.708. The molecule has 8 heteroatoms. The van der Waals surface area contributed by atoms with Crippen molar-refractivity contribution in [3.63, 3.8) is 0 Å². The van der Waals surface area contributed by atoms with Crippen LogP contribution in [0.15, 0.2) is 0 Å². The van der Waals surface area contributed by atoms with Crippen molar-refractivity contribution in [2.45, 2.75) is 38.9 Å². The number of hydrogen-bond acceptors (Lipinski definition) is 3. The summed E-state index contributed by atoms with van der Waals surface area (Å²) >= 11 is 0. The van der Waals surface area contributed by atoms with E-state index < -0.39 is 24.5 Å². The highest BCUT2D eigenvalue weighted by Crippen LogP contribution is 2.21. The van der Waals surface area contributed by atoms with Gasteiger partial charge in [-0.15, -0.1) is 0 Å². The first-order valence-corrected chi connectivity index (χ1v) is 5.45. The summed E-state index contributed by atoms with van der Waals surface area (Å²) in [6.45, 7) is 3.09. The number of aromatic nitrogens is 2. The smallest absolute Gasteiger partial charge is 0.391 e. The molecule has 4 N–H and O–H groups in total. The van der Waals surface area contributed by atoms with Gasteiger partial charge in [0.1, 0.15) is 0 Å². The zero-order chi connectivity index (χ0) is 13.9. The number of amides is 1. The number of nitrogen functional groups attached to an aromatic ring is 1. The molecule has 1 aromatic heterocycles. The van der Waals surface area contributed by atoms with Gasteiger partial charge in [-0.1, -0.05) is 6.92 Å². The van der Waals surface area contributed by atoms with E-state index in [1.54, 1.807) is 0 Å². The zero-order valence-electron chi connectivity index (χ0n) is 10.1. The number of halogens is 3. The van der Waals surface area contributed by atoms with Crippen LogP contribution in [-0.4, -0.2) is 28.3 Å². The molecule has 5 nitrogen and oxygen atoms in total. The van der Waals surface area contributed by atoms with Gasteiger partial charge in [0.2, 0.25) is 0 Å². The summed E-state index contributed by atoms with van der Waals surface area (Å²) in [5.41, 5.74) is 6.33. The van der Waals surface area contributed by atoms with Gasteiger partial charge in [0.15, 0.2) is 5.69 Å². The molecule has 1 rings (SSSR count). The minimum atomic E-state index is -4.32. The van der Waals surface area contributed by atoms with E-state index in [0.29, 0.717) is 12.1 Å². The lowest BCUT2D eigenvalue weighted by Gasteiger charge is -2.15. The number of rotatable bonds is 4. The lowest BCUT2D eigenvalue weighted by molar-refractivity contribution is -0.138. The maximum Gasteiger partial charge on any atom is 0.391 e. The quantitative estimate of drug-likeness (QED) is 0.772. The molecule has 0 radical (unpaired) electrons. The van der Waals surface area contributed by atoms with Crippen LogP contribution in [0.5, 0.6) is 0 Å². The number of nitrogens with one attached hydrogen (secondary N) is 2. The Labute approximate surface area is 102 Å². The summed E-state index contributed by atoms with van der Waals surface area (Å²) < 4.78 is 36.3. The molecule has 1 atom stereocenters. The van der Waals surface area contributed by atoms with Crippen LogP contribution in [0.3, 0.4) is 0 Å². The number of aryl methyl sites for hydroxylation is 1. The van der Waals surface area contributed by atoms with Crippen molar-refractivity contribution in [1.82, 2.24) is 15.5 Å². The summed E-state index contributed by atoms with van der Waals surface area (Å²) in [5, 5.41) is 8.47. The molecule has 0 fully saturated rings. The summed E-state index contributed by atoms with van der Waals surface area (Å²) in [7, 11) is 0. The van der Waals surface area contributed by atoms with Gasteiger partial charge < -0.3 is 11.1 Å². The molecule has 0 saturated carbocycles. The molecule has 1 heterocycles. The molecule has 1 unspecified atom stereocenters. The van der Waals surface area contributed by atoms with Crippen LogP contribution >= 0.6 is 0 Å². The molecule has 1 amide bonds. The van der Waals surface area contributed by atoms with Crippen LogP contribution in [0.25, 0.3) is 0 Å². The van der Waals surface area contributed by atoms with Crippen LogP contribution in [-0.2, 0) is 6.42 Å². The molecule has 0 aliphatic rings. The number of nitrogens with two attached hydrogens (primary N) is 1. The van der Waals surface area contributed by atoms with Gasteiger partial charge in [-0.2, -0.15) is 18.3 Å². The Kier molecular flexibility index (Phi) is 4.20. The van der Waals surface area contributed by atoms with E-state index in [2.05, 4.69) is 15.5 Å². The minimum Gasteiger partial charge on any atom is -0.395 e. The van der Waals surface area contributed by atoms with E-state index in [1.165, 1.54) is 6.92 Å². The maximum absolute atomic E-state index is 12.1. The first-order valence-electron chi connectivity index (χ1n) is 5.45. The number of alkyl halides is 3. The molecule has 102 valence electrons.